The van der Waals surface area contributed by atoms with Crippen LogP contribution in [0.15, 0.2) is 309 Å². The van der Waals surface area contributed by atoms with Gasteiger partial charge in [-0.05, 0) is 150 Å². The van der Waals surface area contributed by atoms with Gasteiger partial charge in [-0.2, -0.15) is 0 Å². The van der Waals surface area contributed by atoms with Gasteiger partial charge in [-0.25, -0.2) is 15.0 Å². The second-order valence-corrected chi connectivity index (χ2v) is 21.9. The Bertz CT molecular complexity index is 4490. The molecule has 0 aliphatic carbocycles. The molecule has 84 heavy (non-hydrogen) atoms. The van der Waals surface area contributed by atoms with Crippen molar-refractivity contribution in [2.75, 3.05) is 0 Å². The maximum Gasteiger partial charge on any atom is 0.164 e. The van der Waals surface area contributed by atoms with Gasteiger partial charge >= 0.3 is 0 Å². The molecule has 0 amide bonds. The lowest BCUT2D eigenvalue weighted by molar-refractivity contribution is 1.07. The summed E-state index contributed by atoms with van der Waals surface area (Å²) in [4.78, 5) is 15.6. The molecule has 390 valence electrons. The van der Waals surface area contributed by atoms with Crippen LogP contribution < -0.4 is 0 Å². The Morgan fingerprint density at radius 2 is 0.298 bits per heavy atom. The van der Waals surface area contributed by atoms with Crippen LogP contribution in [0.2, 0.25) is 0 Å². The van der Waals surface area contributed by atoms with Crippen LogP contribution in [0.4, 0.5) is 0 Å². The van der Waals surface area contributed by atoms with Gasteiger partial charge in [-0.15, -0.1) is 0 Å². The molecule has 15 aromatic carbocycles. The minimum absolute atomic E-state index is 0.612. The molecule has 16 rings (SSSR count). The van der Waals surface area contributed by atoms with E-state index < -0.39 is 0 Å². The average Bonchev–Trinajstić information content (AvgIpc) is 2.98. The fraction of sp³-hybridized carbons (Fsp3) is 0. The lowest BCUT2D eigenvalue weighted by Crippen LogP contribution is -2.00. The van der Waals surface area contributed by atoms with Gasteiger partial charge in [0.1, 0.15) is 0 Å². The van der Waals surface area contributed by atoms with Gasteiger partial charge < -0.3 is 0 Å². The summed E-state index contributed by atoms with van der Waals surface area (Å²) in [6.07, 6.45) is 0. The van der Waals surface area contributed by atoms with Crippen LogP contribution in [0, 0.1) is 0 Å². The molecule has 16 aromatic rings. The zero-order valence-electron chi connectivity index (χ0n) is 45.8. The Kier molecular flexibility index (Phi) is 11.9. The van der Waals surface area contributed by atoms with Gasteiger partial charge in [0.25, 0.3) is 0 Å². The Hall–Kier alpha value is -11.1. The van der Waals surface area contributed by atoms with Crippen LogP contribution in [-0.2, 0) is 0 Å². The lowest BCUT2D eigenvalue weighted by Gasteiger charge is -2.13. The molecular formula is C81H51N3. The molecule has 0 aliphatic heterocycles. The summed E-state index contributed by atoms with van der Waals surface area (Å²) in [5, 5.41) is 15.0. The third-order valence-electron chi connectivity index (χ3n) is 16.9. The molecule has 0 saturated heterocycles. The highest BCUT2D eigenvalue weighted by Crippen LogP contribution is 2.41. The van der Waals surface area contributed by atoms with Gasteiger partial charge in [0.2, 0.25) is 0 Å². The topological polar surface area (TPSA) is 38.7 Å². The van der Waals surface area contributed by atoms with E-state index in [2.05, 4.69) is 309 Å². The molecule has 0 radical (unpaired) electrons. The van der Waals surface area contributed by atoms with E-state index in [0.717, 1.165) is 50.1 Å². The van der Waals surface area contributed by atoms with Crippen molar-refractivity contribution in [2.24, 2.45) is 0 Å². The third-order valence-corrected chi connectivity index (χ3v) is 16.9. The van der Waals surface area contributed by atoms with E-state index in [-0.39, 0.29) is 0 Å². The SMILES string of the molecule is c1ccc2c(-c3ccc(-c4ccc(-c5nc(-c6ccc(-c7ccc(-c8c9ccccc9cc9ccccc89)cc7)cc6)nc(-c6ccc(-c7ccc(-c8c9ccccc9cc9ccccc89)cc7)cc6)n5)cc4)cc3)c3ccccc3cc2c1. The number of aromatic nitrogens is 3. The number of fused-ring (bicyclic) bond motifs is 6. The molecule has 0 fully saturated rings. The number of rotatable bonds is 9. The molecule has 0 spiro atoms. The van der Waals surface area contributed by atoms with Crippen LogP contribution in [0.1, 0.15) is 0 Å². The summed E-state index contributed by atoms with van der Waals surface area (Å²) >= 11 is 0. The second-order valence-electron chi connectivity index (χ2n) is 21.9. The summed E-state index contributed by atoms with van der Waals surface area (Å²) in [7, 11) is 0. The lowest BCUT2D eigenvalue weighted by atomic mass is 9.91. The zero-order valence-corrected chi connectivity index (χ0v) is 45.8. The van der Waals surface area contributed by atoms with Gasteiger partial charge in [0, 0.05) is 16.7 Å². The number of hydrogen-bond donors (Lipinski definition) is 0. The molecule has 1 aromatic heterocycles. The van der Waals surface area contributed by atoms with Gasteiger partial charge in [-0.3, -0.25) is 0 Å². The summed E-state index contributed by atoms with van der Waals surface area (Å²) in [6.45, 7) is 0. The standard InChI is InChI=1S/C81H51N3/c1-7-19-70-64(13-1)49-65-14-2-8-20-71(65)76(70)58-37-25-52(26-38-58)55-31-43-61(44-32-55)79-82-80(62-45-33-56(34-46-62)53-27-39-59(40-28-53)77-72-21-9-3-15-66(72)50-67-16-4-10-22-73(67)77)84-81(83-79)63-47-35-57(36-48-63)54-29-41-60(42-30-54)78-74-23-11-5-17-68(74)51-69-18-6-12-24-75(69)78/h1-51H. The van der Waals surface area contributed by atoms with Crippen molar-refractivity contribution in [3.63, 3.8) is 0 Å². The molecule has 0 bridgehead atoms. The minimum Gasteiger partial charge on any atom is -0.208 e. The first kappa shape index (κ1) is 48.7. The van der Waals surface area contributed by atoms with E-state index in [4.69, 9.17) is 15.0 Å². The van der Waals surface area contributed by atoms with Gasteiger partial charge in [0.05, 0.1) is 0 Å². The van der Waals surface area contributed by atoms with E-state index in [0.29, 0.717) is 17.5 Å². The first-order valence-electron chi connectivity index (χ1n) is 28.7. The molecule has 3 nitrogen and oxygen atoms in total. The maximum absolute atomic E-state index is 5.21. The third kappa shape index (κ3) is 8.75. The van der Waals surface area contributed by atoms with E-state index in [9.17, 15) is 0 Å². The van der Waals surface area contributed by atoms with Crippen molar-refractivity contribution >= 4 is 64.6 Å². The first-order chi connectivity index (χ1) is 41.6. The minimum atomic E-state index is 0.612. The Morgan fingerprint density at radius 1 is 0.143 bits per heavy atom. The molecule has 3 heteroatoms. The Balaban J connectivity index is 0.728. The number of hydrogen-bond acceptors (Lipinski definition) is 3. The summed E-state index contributed by atoms with van der Waals surface area (Å²) in [5.41, 5.74) is 16.9. The normalized spacial score (nSPS) is 11.6. The van der Waals surface area contributed by atoms with Crippen LogP contribution in [0.3, 0.4) is 0 Å². The predicted molar refractivity (Wildman–Crippen MR) is 354 cm³/mol. The number of nitrogens with zero attached hydrogens (tertiary/aromatic N) is 3. The maximum atomic E-state index is 5.21. The van der Waals surface area contributed by atoms with Crippen molar-refractivity contribution in [3.8, 4) is 101 Å². The highest BCUT2D eigenvalue weighted by atomic mass is 15.0. The van der Waals surface area contributed by atoms with Gasteiger partial charge in [-0.1, -0.05) is 291 Å². The molecule has 0 N–H and O–H groups in total. The van der Waals surface area contributed by atoms with E-state index in [1.807, 2.05) is 0 Å². The Labute approximate surface area is 487 Å². The molecule has 0 atom stereocenters. The van der Waals surface area contributed by atoms with Crippen molar-refractivity contribution < 1.29 is 0 Å². The molecule has 0 unspecified atom stereocenters. The van der Waals surface area contributed by atoms with E-state index in [1.54, 1.807) is 0 Å². The monoisotopic (exact) mass is 1070 g/mol. The summed E-state index contributed by atoms with van der Waals surface area (Å²) in [5.74, 6) is 1.84. The highest BCUT2D eigenvalue weighted by Gasteiger charge is 2.17. The van der Waals surface area contributed by atoms with Crippen molar-refractivity contribution in [1.29, 1.82) is 0 Å². The number of benzene rings is 15. The summed E-state index contributed by atoms with van der Waals surface area (Å²) < 4.78 is 0. The van der Waals surface area contributed by atoms with Gasteiger partial charge in [0.15, 0.2) is 17.5 Å². The fourth-order valence-electron chi connectivity index (χ4n) is 12.7. The molecule has 0 aliphatic rings. The van der Waals surface area contributed by atoms with Crippen molar-refractivity contribution in [3.05, 3.63) is 309 Å². The second kappa shape index (κ2) is 20.4. The van der Waals surface area contributed by atoms with Crippen LogP contribution in [0.5, 0.6) is 0 Å². The van der Waals surface area contributed by atoms with Crippen molar-refractivity contribution in [1.82, 2.24) is 15.0 Å². The summed E-state index contributed by atoms with van der Waals surface area (Å²) in [6, 6.07) is 112. The predicted octanol–water partition coefficient (Wildman–Crippen LogP) is 21.8. The largest absolute Gasteiger partial charge is 0.208 e. The van der Waals surface area contributed by atoms with Crippen LogP contribution in [-0.4, -0.2) is 15.0 Å². The molecular weight excluding hydrogens is 1010 g/mol. The molecule has 1 heterocycles. The zero-order chi connectivity index (χ0) is 55.5. The highest BCUT2D eigenvalue weighted by molar-refractivity contribution is 6.15. The average molecular weight is 1070 g/mol. The molecule has 0 saturated carbocycles. The first-order valence-corrected chi connectivity index (χ1v) is 28.7. The smallest absolute Gasteiger partial charge is 0.164 e. The Morgan fingerprint density at radius 3 is 0.488 bits per heavy atom. The van der Waals surface area contributed by atoms with Crippen LogP contribution >= 0.6 is 0 Å². The fourth-order valence-corrected chi connectivity index (χ4v) is 12.7. The quantitative estimate of drug-likeness (QED) is 0.135. The van der Waals surface area contributed by atoms with Crippen LogP contribution in [0.25, 0.3) is 166 Å². The van der Waals surface area contributed by atoms with E-state index in [1.165, 1.54) is 98.0 Å². The van der Waals surface area contributed by atoms with Crippen molar-refractivity contribution in [2.45, 2.75) is 0 Å². The van der Waals surface area contributed by atoms with E-state index >= 15 is 0 Å².